The average molecular weight is 385 g/mol. The van der Waals surface area contributed by atoms with Gasteiger partial charge in [-0.05, 0) is 37.3 Å². The standard InChI is InChI=1S/C20H24N4O4/c1-2-22-11-13-23(14-12-22)17-9-7-16(8-10-17)21-20(25)15-28-19-6-4-3-5-18(19)24(26)27/h3-10H,2,11-15H2,1H3,(H,21,25)/p+1. The zero-order chi connectivity index (χ0) is 19.9. The van der Waals surface area contributed by atoms with E-state index >= 15 is 0 Å². The van der Waals surface area contributed by atoms with Gasteiger partial charge >= 0.3 is 5.69 Å². The highest BCUT2D eigenvalue weighted by atomic mass is 16.6. The van der Waals surface area contributed by atoms with Gasteiger partial charge in [-0.2, -0.15) is 0 Å². The molecule has 0 spiro atoms. The third-order valence-electron chi connectivity index (χ3n) is 4.91. The molecule has 2 N–H and O–H groups in total. The summed E-state index contributed by atoms with van der Waals surface area (Å²) in [5.41, 5.74) is 1.65. The summed E-state index contributed by atoms with van der Waals surface area (Å²) in [7, 11) is 0. The smallest absolute Gasteiger partial charge is 0.310 e. The number of para-hydroxylation sites is 2. The van der Waals surface area contributed by atoms with Crippen LogP contribution in [0.2, 0.25) is 0 Å². The van der Waals surface area contributed by atoms with Gasteiger partial charge in [0.15, 0.2) is 12.4 Å². The Morgan fingerprint density at radius 3 is 2.50 bits per heavy atom. The van der Waals surface area contributed by atoms with Crippen LogP contribution in [-0.4, -0.2) is 50.2 Å². The number of carbonyl (C=O) groups excluding carboxylic acids is 1. The van der Waals surface area contributed by atoms with E-state index in [1.165, 1.54) is 12.1 Å². The molecule has 2 aromatic rings. The van der Waals surface area contributed by atoms with E-state index in [2.05, 4.69) is 17.1 Å². The van der Waals surface area contributed by atoms with Gasteiger partial charge in [-0.15, -0.1) is 0 Å². The molecule has 1 fully saturated rings. The van der Waals surface area contributed by atoms with Gasteiger partial charge in [-0.3, -0.25) is 14.9 Å². The second-order valence-electron chi connectivity index (χ2n) is 6.70. The van der Waals surface area contributed by atoms with Crippen molar-refractivity contribution >= 4 is 23.0 Å². The zero-order valence-corrected chi connectivity index (χ0v) is 15.9. The molecule has 1 heterocycles. The normalized spacial score (nSPS) is 14.5. The number of benzene rings is 2. The molecule has 148 valence electrons. The second kappa shape index (κ2) is 9.18. The number of hydrogen-bond donors (Lipinski definition) is 2. The molecule has 1 aliphatic heterocycles. The number of carbonyl (C=O) groups is 1. The van der Waals surface area contributed by atoms with Crippen LogP contribution < -0.4 is 19.9 Å². The number of likely N-dealkylation sites (N-methyl/N-ethyl adjacent to an activating group) is 1. The van der Waals surface area contributed by atoms with Gasteiger partial charge in [0, 0.05) is 17.4 Å². The lowest BCUT2D eigenvalue weighted by molar-refractivity contribution is -0.898. The number of amides is 1. The fourth-order valence-corrected chi connectivity index (χ4v) is 3.26. The first kappa shape index (κ1) is 19.6. The molecule has 0 radical (unpaired) electrons. The largest absolute Gasteiger partial charge is 0.477 e. The molecule has 28 heavy (non-hydrogen) atoms. The summed E-state index contributed by atoms with van der Waals surface area (Å²) in [6.07, 6.45) is 0. The number of nitro benzene ring substituents is 1. The molecule has 0 saturated carbocycles. The molecule has 3 rings (SSSR count). The van der Waals surface area contributed by atoms with Gasteiger partial charge < -0.3 is 19.9 Å². The third kappa shape index (κ3) is 4.98. The lowest BCUT2D eigenvalue weighted by Gasteiger charge is -2.33. The molecular formula is C20H25N4O4+. The number of ether oxygens (including phenoxy) is 1. The summed E-state index contributed by atoms with van der Waals surface area (Å²) in [5.74, 6) is -0.294. The number of nitrogens with zero attached hydrogens (tertiary/aromatic N) is 2. The summed E-state index contributed by atoms with van der Waals surface area (Å²) in [6.45, 7) is 7.40. The van der Waals surface area contributed by atoms with Crippen LogP contribution in [-0.2, 0) is 4.79 Å². The first-order valence-electron chi connectivity index (χ1n) is 9.41. The lowest BCUT2D eigenvalue weighted by Crippen LogP contribution is -3.14. The Labute approximate surface area is 163 Å². The minimum absolute atomic E-state index is 0.0753. The van der Waals surface area contributed by atoms with Crippen molar-refractivity contribution in [3.63, 3.8) is 0 Å². The third-order valence-corrected chi connectivity index (χ3v) is 4.91. The average Bonchev–Trinajstić information content (AvgIpc) is 2.73. The highest BCUT2D eigenvalue weighted by Gasteiger charge is 2.19. The Morgan fingerprint density at radius 1 is 1.18 bits per heavy atom. The van der Waals surface area contributed by atoms with E-state index in [0.717, 1.165) is 38.4 Å². The molecule has 8 nitrogen and oxygen atoms in total. The highest BCUT2D eigenvalue weighted by Crippen LogP contribution is 2.25. The van der Waals surface area contributed by atoms with Gasteiger partial charge in [-0.25, -0.2) is 0 Å². The predicted octanol–water partition coefficient (Wildman–Crippen LogP) is 1.34. The topological polar surface area (TPSA) is 89.2 Å². The fraction of sp³-hybridized carbons (Fsp3) is 0.350. The van der Waals surface area contributed by atoms with E-state index in [-0.39, 0.29) is 24.0 Å². The van der Waals surface area contributed by atoms with Gasteiger partial charge in [0.25, 0.3) is 5.91 Å². The van der Waals surface area contributed by atoms with E-state index < -0.39 is 4.92 Å². The molecule has 0 aliphatic carbocycles. The van der Waals surface area contributed by atoms with Crippen LogP contribution in [0.15, 0.2) is 48.5 Å². The summed E-state index contributed by atoms with van der Waals surface area (Å²) < 4.78 is 5.31. The maximum absolute atomic E-state index is 12.1. The van der Waals surface area contributed by atoms with Gasteiger partial charge in [0.1, 0.15) is 0 Å². The molecule has 1 aliphatic rings. The molecule has 1 saturated heterocycles. The predicted molar refractivity (Wildman–Crippen MR) is 107 cm³/mol. The highest BCUT2D eigenvalue weighted by molar-refractivity contribution is 5.92. The molecule has 0 unspecified atom stereocenters. The number of rotatable bonds is 7. The van der Waals surface area contributed by atoms with Gasteiger partial charge in [-0.1, -0.05) is 12.1 Å². The molecule has 1 amide bonds. The van der Waals surface area contributed by atoms with E-state index in [0.29, 0.717) is 5.69 Å². The minimum Gasteiger partial charge on any atom is -0.477 e. The lowest BCUT2D eigenvalue weighted by atomic mass is 10.2. The van der Waals surface area contributed by atoms with Gasteiger partial charge in [0.2, 0.25) is 0 Å². The van der Waals surface area contributed by atoms with Crippen LogP contribution in [0.3, 0.4) is 0 Å². The van der Waals surface area contributed by atoms with Crippen molar-refractivity contribution in [1.29, 1.82) is 0 Å². The molecule has 0 aromatic heterocycles. The fourth-order valence-electron chi connectivity index (χ4n) is 3.26. The minimum atomic E-state index is -0.534. The summed E-state index contributed by atoms with van der Waals surface area (Å²) in [6, 6.07) is 13.7. The van der Waals surface area contributed by atoms with Crippen molar-refractivity contribution in [2.45, 2.75) is 6.92 Å². The van der Waals surface area contributed by atoms with Crippen LogP contribution in [0, 0.1) is 10.1 Å². The number of quaternary nitrogens is 1. The molecular weight excluding hydrogens is 360 g/mol. The van der Waals surface area contributed by atoms with Crippen LogP contribution in [0.1, 0.15) is 6.92 Å². The maximum atomic E-state index is 12.1. The van der Waals surface area contributed by atoms with Crippen molar-refractivity contribution in [2.75, 3.05) is 49.5 Å². The molecule has 8 heteroatoms. The second-order valence-corrected chi connectivity index (χ2v) is 6.70. The summed E-state index contributed by atoms with van der Waals surface area (Å²) >= 11 is 0. The Kier molecular flexibility index (Phi) is 6.44. The van der Waals surface area contributed by atoms with Crippen molar-refractivity contribution in [3.8, 4) is 5.75 Å². The molecule has 2 aromatic carbocycles. The van der Waals surface area contributed by atoms with Crippen molar-refractivity contribution in [1.82, 2.24) is 0 Å². The number of hydrogen-bond acceptors (Lipinski definition) is 5. The van der Waals surface area contributed by atoms with Crippen molar-refractivity contribution in [3.05, 3.63) is 58.6 Å². The number of nitro groups is 1. The monoisotopic (exact) mass is 385 g/mol. The van der Waals surface area contributed by atoms with Crippen molar-refractivity contribution in [2.24, 2.45) is 0 Å². The molecule has 0 bridgehead atoms. The number of piperazine rings is 1. The maximum Gasteiger partial charge on any atom is 0.310 e. The van der Waals surface area contributed by atoms with E-state index in [4.69, 9.17) is 4.74 Å². The van der Waals surface area contributed by atoms with Crippen LogP contribution in [0.4, 0.5) is 17.1 Å². The Hall–Kier alpha value is -3.13. The Bertz CT molecular complexity index is 817. The first-order chi connectivity index (χ1) is 13.6. The number of nitrogens with one attached hydrogen (secondary N) is 2. The summed E-state index contributed by atoms with van der Waals surface area (Å²) in [5, 5.41) is 13.7. The van der Waals surface area contributed by atoms with E-state index in [1.54, 1.807) is 17.0 Å². The molecule has 0 atom stereocenters. The Morgan fingerprint density at radius 2 is 1.86 bits per heavy atom. The van der Waals surface area contributed by atoms with Crippen LogP contribution in [0.5, 0.6) is 5.75 Å². The van der Waals surface area contributed by atoms with Crippen LogP contribution in [0.25, 0.3) is 0 Å². The van der Waals surface area contributed by atoms with E-state index in [1.807, 2.05) is 24.3 Å². The van der Waals surface area contributed by atoms with Gasteiger partial charge in [0.05, 0.1) is 37.6 Å². The zero-order valence-electron chi connectivity index (χ0n) is 15.9. The quantitative estimate of drug-likeness (QED) is 0.555. The van der Waals surface area contributed by atoms with Crippen molar-refractivity contribution < 1.29 is 19.4 Å². The van der Waals surface area contributed by atoms with Crippen LogP contribution >= 0.6 is 0 Å². The SMILES string of the molecule is CC[NH+]1CCN(c2ccc(NC(=O)COc3ccccc3[N+](=O)[O-])cc2)CC1. The first-order valence-corrected chi connectivity index (χ1v) is 9.41. The summed E-state index contributed by atoms with van der Waals surface area (Å²) in [4.78, 5) is 26.5. The number of anilines is 2. The van der Waals surface area contributed by atoms with E-state index in [9.17, 15) is 14.9 Å². The Balaban J connectivity index is 1.52.